The molecule has 1 atom stereocenters. The molecule has 3 heterocycles. The second-order valence-electron chi connectivity index (χ2n) is 8.46. The molecule has 0 saturated heterocycles. The van der Waals surface area contributed by atoms with Crippen molar-refractivity contribution >= 4 is 45.6 Å². The lowest BCUT2D eigenvalue weighted by molar-refractivity contribution is -0.384. The fourth-order valence-electron chi connectivity index (χ4n) is 4.11. The lowest BCUT2D eigenvalue weighted by atomic mass is 10.2. The van der Waals surface area contributed by atoms with Gasteiger partial charge in [0.2, 0.25) is 12.7 Å². The summed E-state index contributed by atoms with van der Waals surface area (Å²) in [7, 11) is 0. The molecule has 38 heavy (non-hydrogen) atoms. The monoisotopic (exact) mass is 528 g/mol. The van der Waals surface area contributed by atoms with E-state index in [0.29, 0.717) is 45.8 Å². The molecule has 12 heteroatoms. The summed E-state index contributed by atoms with van der Waals surface area (Å²) in [5, 5.41) is 19.5. The van der Waals surface area contributed by atoms with Crippen LogP contribution in [0.2, 0.25) is 0 Å². The number of ether oxygens (including phenoxy) is 2. The number of nitro benzene ring substituents is 1. The number of benzene rings is 3. The predicted molar refractivity (Wildman–Crippen MR) is 142 cm³/mol. The average Bonchev–Trinajstić information content (AvgIpc) is 3.59. The van der Waals surface area contributed by atoms with Crippen LogP contribution in [0.3, 0.4) is 0 Å². The van der Waals surface area contributed by atoms with Crippen molar-refractivity contribution in [3.8, 4) is 22.9 Å². The Labute approximate surface area is 220 Å². The van der Waals surface area contributed by atoms with Gasteiger partial charge in [0.1, 0.15) is 0 Å². The number of carbonyl (C=O) groups excluding carboxylic acids is 1. The van der Waals surface area contributed by atoms with Crippen molar-refractivity contribution in [3.05, 3.63) is 76.8 Å². The van der Waals surface area contributed by atoms with Crippen LogP contribution in [0, 0.1) is 10.1 Å². The minimum atomic E-state index is -0.468. The van der Waals surface area contributed by atoms with Crippen LogP contribution >= 0.6 is 11.8 Å². The van der Waals surface area contributed by atoms with Gasteiger partial charge in [-0.25, -0.2) is 9.97 Å². The number of carbonyl (C=O) groups is 1. The third-order valence-corrected chi connectivity index (χ3v) is 7.34. The van der Waals surface area contributed by atoms with Gasteiger partial charge in [0.05, 0.1) is 15.7 Å². The zero-order valence-corrected chi connectivity index (χ0v) is 20.8. The summed E-state index contributed by atoms with van der Waals surface area (Å²) in [6.45, 7) is 2.09. The standard InChI is InChI=1S/C26H20N6O5S/c1-2-22(25(33)27-16-9-12-20-21(13-16)37-14-36-20)38-26-28-19-6-4-3-5-18(19)24-29-23(30-31(24)26)15-7-10-17(11-8-15)32(34)35/h3-13,22H,2,14H2,1H3,(H,27,33)/t22-/m0/s1. The number of fused-ring (bicyclic) bond motifs is 4. The smallest absolute Gasteiger partial charge is 0.269 e. The Morgan fingerprint density at radius 1 is 1.11 bits per heavy atom. The molecule has 0 radical (unpaired) electrons. The minimum absolute atomic E-state index is 0.0138. The molecule has 0 saturated carbocycles. The van der Waals surface area contributed by atoms with Crippen molar-refractivity contribution in [1.29, 1.82) is 0 Å². The Morgan fingerprint density at radius 2 is 1.89 bits per heavy atom. The average molecular weight is 529 g/mol. The first-order valence-electron chi connectivity index (χ1n) is 11.8. The van der Waals surface area contributed by atoms with Gasteiger partial charge in [-0.3, -0.25) is 14.9 Å². The number of non-ortho nitro benzene ring substituents is 1. The Bertz CT molecular complexity index is 1700. The van der Waals surface area contributed by atoms with E-state index >= 15 is 0 Å². The molecule has 2 aromatic heterocycles. The maximum absolute atomic E-state index is 13.2. The number of nitrogens with one attached hydrogen (secondary N) is 1. The SMILES string of the molecule is CC[C@H](Sc1nc2ccccc2c2nc(-c3ccc([N+](=O)[O-])cc3)nn12)C(=O)Nc1ccc2c(c1)OCO2. The molecular formula is C26H20N6O5S. The highest BCUT2D eigenvalue weighted by molar-refractivity contribution is 8.00. The van der Waals surface area contributed by atoms with Gasteiger partial charge in [-0.05, 0) is 42.8 Å². The van der Waals surface area contributed by atoms with E-state index in [4.69, 9.17) is 19.4 Å². The summed E-state index contributed by atoms with van der Waals surface area (Å²) in [5.74, 6) is 1.44. The van der Waals surface area contributed by atoms with Crippen LogP contribution < -0.4 is 14.8 Å². The van der Waals surface area contributed by atoms with Crippen LogP contribution in [0.25, 0.3) is 27.9 Å². The van der Waals surface area contributed by atoms with E-state index in [0.717, 1.165) is 10.9 Å². The number of hydrogen-bond donors (Lipinski definition) is 1. The number of hydrogen-bond acceptors (Lipinski definition) is 9. The van der Waals surface area contributed by atoms with Crippen LogP contribution in [0.5, 0.6) is 11.5 Å². The van der Waals surface area contributed by atoms with Gasteiger partial charge in [0.15, 0.2) is 28.1 Å². The summed E-state index contributed by atoms with van der Waals surface area (Å²) in [6.07, 6.45) is 0.543. The molecule has 6 rings (SSSR count). The van der Waals surface area contributed by atoms with Crippen LogP contribution in [0.1, 0.15) is 13.3 Å². The van der Waals surface area contributed by atoms with Gasteiger partial charge in [-0.1, -0.05) is 30.8 Å². The fraction of sp³-hybridized carbons (Fsp3) is 0.154. The third-order valence-electron chi connectivity index (χ3n) is 6.04. The van der Waals surface area contributed by atoms with E-state index in [-0.39, 0.29) is 18.4 Å². The molecule has 0 bridgehead atoms. The molecule has 5 aromatic rings. The first-order chi connectivity index (χ1) is 18.5. The number of nitro groups is 1. The first kappa shape index (κ1) is 23.7. The maximum Gasteiger partial charge on any atom is 0.269 e. The Kier molecular flexibility index (Phi) is 6.00. The zero-order valence-electron chi connectivity index (χ0n) is 20.0. The predicted octanol–water partition coefficient (Wildman–Crippen LogP) is 5.09. The largest absolute Gasteiger partial charge is 0.454 e. The Morgan fingerprint density at radius 3 is 2.68 bits per heavy atom. The number of thioether (sulfide) groups is 1. The minimum Gasteiger partial charge on any atom is -0.454 e. The highest BCUT2D eigenvalue weighted by atomic mass is 32.2. The summed E-state index contributed by atoms with van der Waals surface area (Å²) in [4.78, 5) is 33.3. The Balaban J connectivity index is 1.34. The quantitative estimate of drug-likeness (QED) is 0.133. The van der Waals surface area contributed by atoms with Gasteiger partial charge in [-0.15, -0.1) is 5.10 Å². The second-order valence-corrected chi connectivity index (χ2v) is 9.63. The van der Waals surface area contributed by atoms with Gasteiger partial charge < -0.3 is 14.8 Å². The number of rotatable bonds is 7. The number of anilines is 1. The zero-order chi connectivity index (χ0) is 26.2. The van der Waals surface area contributed by atoms with Gasteiger partial charge in [-0.2, -0.15) is 4.52 Å². The van der Waals surface area contributed by atoms with E-state index < -0.39 is 10.2 Å². The molecule has 1 N–H and O–H groups in total. The van der Waals surface area contributed by atoms with Gasteiger partial charge in [0.25, 0.3) is 5.69 Å². The molecule has 3 aromatic carbocycles. The van der Waals surface area contributed by atoms with Crippen LogP contribution in [0.4, 0.5) is 11.4 Å². The van der Waals surface area contributed by atoms with Gasteiger partial charge >= 0.3 is 0 Å². The molecule has 0 spiro atoms. The number of aromatic nitrogens is 4. The topological polar surface area (TPSA) is 134 Å². The van der Waals surface area contributed by atoms with Crippen molar-refractivity contribution in [2.24, 2.45) is 0 Å². The molecule has 0 aliphatic carbocycles. The van der Waals surface area contributed by atoms with Crippen LogP contribution in [0.15, 0.2) is 71.9 Å². The molecule has 190 valence electrons. The number of para-hydroxylation sites is 1. The molecular weight excluding hydrogens is 508 g/mol. The highest BCUT2D eigenvalue weighted by Gasteiger charge is 2.24. The van der Waals surface area contributed by atoms with Crippen molar-refractivity contribution in [2.45, 2.75) is 23.8 Å². The van der Waals surface area contributed by atoms with E-state index in [1.54, 1.807) is 34.8 Å². The second kappa shape index (κ2) is 9.63. The Hall–Kier alpha value is -4.71. The van der Waals surface area contributed by atoms with Crippen molar-refractivity contribution in [3.63, 3.8) is 0 Å². The highest BCUT2D eigenvalue weighted by Crippen LogP contribution is 2.35. The molecule has 1 amide bonds. The third kappa shape index (κ3) is 4.34. The maximum atomic E-state index is 13.2. The lowest BCUT2D eigenvalue weighted by Gasteiger charge is -2.15. The van der Waals surface area contributed by atoms with E-state index in [2.05, 4.69) is 10.4 Å². The molecule has 0 unspecified atom stereocenters. The van der Waals surface area contributed by atoms with E-state index in [9.17, 15) is 14.9 Å². The fourth-order valence-corrected chi connectivity index (χ4v) is 5.07. The summed E-state index contributed by atoms with van der Waals surface area (Å²) in [5.41, 5.74) is 2.52. The molecule has 11 nitrogen and oxygen atoms in total. The molecule has 0 fully saturated rings. The van der Waals surface area contributed by atoms with Crippen LogP contribution in [-0.2, 0) is 4.79 Å². The van der Waals surface area contributed by atoms with Crippen molar-refractivity contribution in [2.75, 3.05) is 12.1 Å². The van der Waals surface area contributed by atoms with Crippen molar-refractivity contribution < 1.29 is 19.2 Å². The number of nitrogens with zero attached hydrogens (tertiary/aromatic N) is 5. The molecule has 1 aliphatic rings. The van der Waals surface area contributed by atoms with E-state index in [1.165, 1.54) is 23.9 Å². The normalized spacial score (nSPS) is 13.1. The summed E-state index contributed by atoms with van der Waals surface area (Å²) in [6, 6.07) is 18.9. The molecule has 1 aliphatic heterocycles. The summed E-state index contributed by atoms with van der Waals surface area (Å²) < 4.78 is 12.4. The van der Waals surface area contributed by atoms with Crippen LogP contribution in [-0.4, -0.2) is 42.5 Å². The first-order valence-corrected chi connectivity index (χ1v) is 12.7. The van der Waals surface area contributed by atoms with Gasteiger partial charge in [0, 0.05) is 34.8 Å². The summed E-state index contributed by atoms with van der Waals surface area (Å²) >= 11 is 1.29. The van der Waals surface area contributed by atoms with E-state index in [1.807, 2.05) is 31.2 Å². The number of amides is 1. The lowest BCUT2D eigenvalue weighted by Crippen LogP contribution is -2.25. The van der Waals surface area contributed by atoms with Crippen molar-refractivity contribution in [1.82, 2.24) is 19.6 Å².